The smallest absolute Gasteiger partial charge is 0.257 e. The Morgan fingerprint density at radius 3 is 2.28 bits per heavy atom. The minimum atomic E-state index is -0.350. The minimum Gasteiger partial charge on any atom is -0.354 e. The average Bonchev–Trinajstić information content (AvgIpc) is 2.78. The first-order chi connectivity index (χ1) is 15.3. The zero-order chi connectivity index (χ0) is 22.8. The number of anilines is 2. The first kappa shape index (κ1) is 21.7. The quantitative estimate of drug-likeness (QED) is 0.642. The molecule has 0 atom stereocenters. The molecule has 1 aromatic heterocycles. The van der Waals surface area contributed by atoms with Crippen LogP contribution in [0.2, 0.25) is 0 Å². The SMILES string of the molecule is Cc1cc(F)ccc1Nc1cc(=O)n(C)cc1C(=O)N1CCC(c2ccc(F)cc2)CC1. The number of rotatable bonds is 4. The molecule has 1 N–H and O–H groups in total. The van der Waals surface area contributed by atoms with Gasteiger partial charge in [-0.3, -0.25) is 9.59 Å². The normalized spacial score (nSPS) is 14.4. The Labute approximate surface area is 185 Å². The summed E-state index contributed by atoms with van der Waals surface area (Å²) in [5.41, 5.74) is 2.91. The van der Waals surface area contributed by atoms with E-state index in [0.29, 0.717) is 35.6 Å². The molecule has 1 aliphatic rings. The Balaban J connectivity index is 1.55. The molecule has 1 amide bonds. The highest BCUT2D eigenvalue weighted by molar-refractivity contribution is 6.00. The summed E-state index contributed by atoms with van der Waals surface area (Å²) in [7, 11) is 1.60. The van der Waals surface area contributed by atoms with Crippen LogP contribution in [0.15, 0.2) is 59.5 Å². The summed E-state index contributed by atoms with van der Waals surface area (Å²) >= 11 is 0. The van der Waals surface area contributed by atoms with Crippen molar-refractivity contribution in [2.24, 2.45) is 7.05 Å². The molecule has 4 rings (SSSR count). The van der Waals surface area contributed by atoms with Crippen LogP contribution in [0.4, 0.5) is 20.2 Å². The largest absolute Gasteiger partial charge is 0.354 e. The maximum atomic E-state index is 13.5. The van der Waals surface area contributed by atoms with Crippen molar-refractivity contribution in [1.82, 2.24) is 9.47 Å². The van der Waals surface area contributed by atoms with Crippen LogP contribution in [0, 0.1) is 18.6 Å². The molecule has 166 valence electrons. The van der Waals surface area contributed by atoms with Crippen LogP contribution in [0.3, 0.4) is 0 Å². The summed E-state index contributed by atoms with van der Waals surface area (Å²) in [6.07, 6.45) is 3.10. The van der Waals surface area contributed by atoms with Gasteiger partial charge in [-0.25, -0.2) is 8.78 Å². The van der Waals surface area contributed by atoms with Crippen LogP contribution in [-0.4, -0.2) is 28.5 Å². The molecule has 1 saturated heterocycles. The number of benzene rings is 2. The van der Waals surface area contributed by atoms with E-state index in [9.17, 15) is 18.4 Å². The van der Waals surface area contributed by atoms with Gasteiger partial charge in [0.15, 0.2) is 0 Å². The molecule has 5 nitrogen and oxygen atoms in total. The lowest BCUT2D eigenvalue weighted by atomic mass is 9.89. The molecule has 0 spiro atoms. The maximum absolute atomic E-state index is 13.5. The van der Waals surface area contributed by atoms with Crippen LogP contribution < -0.4 is 10.9 Å². The first-order valence-corrected chi connectivity index (χ1v) is 10.6. The maximum Gasteiger partial charge on any atom is 0.257 e. The molecule has 0 saturated carbocycles. The van der Waals surface area contributed by atoms with Gasteiger partial charge >= 0.3 is 0 Å². The molecule has 2 heterocycles. The molecule has 7 heteroatoms. The highest BCUT2D eigenvalue weighted by Gasteiger charge is 2.26. The molecule has 1 fully saturated rings. The first-order valence-electron chi connectivity index (χ1n) is 10.6. The Hall–Kier alpha value is -3.48. The molecule has 0 aliphatic carbocycles. The van der Waals surface area contributed by atoms with Gasteiger partial charge in [0.05, 0.1) is 11.3 Å². The van der Waals surface area contributed by atoms with E-state index >= 15 is 0 Å². The fourth-order valence-corrected chi connectivity index (χ4v) is 4.14. The van der Waals surface area contributed by atoms with Crippen molar-refractivity contribution in [3.8, 4) is 0 Å². The number of aromatic nitrogens is 1. The molecule has 32 heavy (non-hydrogen) atoms. The second-order valence-corrected chi connectivity index (χ2v) is 8.25. The number of pyridine rings is 1. The zero-order valence-electron chi connectivity index (χ0n) is 18.1. The standard InChI is InChI=1S/C25H25F2N3O2/c1-16-13-20(27)7-8-22(16)28-23-14-24(31)29(2)15-21(23)25(32)30-11-9-18(10-12-30)17-3-5-19(26)6-4-17/h3-8,13-15,18,28H,9-12H2,1-2H3. The van der Waals surface area contributed by atoms with Gasteiger partial charge in [-0.15, -0.1) is 0 Å². The van der Waals surface area contributed by atoms with Crippen molar-refractivity contribution < 1.29 is 13.6 Å². The van der Waals surface area contributed by atoms with E-state index in [4.69, 9.17) is 0 Å². The number of carbonyl (C=O) groups excluding carboxylic acids is 1. The number of nitrogens with one attached hydrogen (secondary N) is 1. The predicted octanol–water partition coefficient (Wildman–Crippen LogP) is 4.74. The van der Waals surface area contributed by atoms with Crippen molar-refractivity contribution in [1.29, 1.82) is 0 Å². The number of hydrogen-bond acceptors (Lipinski definition) is 3. The Morgan fingerprint density at radius 1 is 0.969 bits per heavy atom. The number of carbonyl (C=O) groups is 1. The number of hydrogen-bond donors (Lipinski definition) is 1. The lowest BCUT2D eigenvalue weighted by Crippen LogP contribution is -2.38. The number of piperidine rings is 1. The van der Waals surface area contributed by atoms with Crippen LogP contribution in [0.1, 0.15) is 40.2 Å². The molecule has 0 bridgehead atoms. The van der Waals surface area contributed by atoms with E-state index in [1.165, 1.54) is 41.1 Å². The van der Waals surface area contributed by atoms with E-state index < -0.39 is 0 Å². The lowest BCUT2D eigenvalue weighted by molar-refractivity contribution is 0.0713. The number of nitrogens with zero attached hydrogens (tertiary/aromatic N) is 2. The van der Waals surface area contributed by atoms with E-state index in [0.717, 1.165) is 18.4 Å². The van der Waals surface area contributed by atoms with Crippen LogP contribution in [0.25, 0.3) is 0 Å². The van der Waals surface area contributed by atoms with Gasteiger partial charge in [0.1, 0.15) is 11.6 Å². The number of amides is 1. The van der Waals surface area contributed by atoms with Gasteiger partial charge in [0.2, 0.25) is 0 Å². The molecular formula is C25H25F2N3O2. The summed E-state index contributed by atoms with van der Waals surface area (Å²) in [5.74, 6) is -0.496. The topological polar surface area (TPSA) is 54.3 Å². The Kier molecular flexibility index (Phi) is 6.08. The van der Waals surface area contributed by atoms with Crippen molar-refractivity contribution in [2.45, 2.75) is 25.7 Å². The third-order valence-corrected chi connectivity index (χ3v) is 6.04. The van der Waals surface area contributed by atoms with Gasteiger partial charge < -0.3 is 14.8 Å². The minimum absolute atomic E-state index is 0.166. The fourth-order valence-electron chi connectivity index (χ4n) is 4.14. The van der Waals surface area contributed by atoms with Gasteiger partial charge in [0.25, 0.3) is 11.5 Å². The molecule has 0 unspecified atom stereocenters. The van der Waals surface area contributed by atoms with E-state index in [-0.39, 0.29) is 29.0 Å². The van der Waals surface area contributed by atoms with E-state index in [1.54, 1.807) is 37.1 Å². The van der Waals surface area contributed by atoms with Crippen LogP contribution >= 0.6 is 0 Å². The molecule has 2 aromatic carbocycles. The third kappa shape index (κ3) is 4.56. The third-order valence-electron chi connectivity index (χ3n) is 6.04. The monoisotopic (exact) mass is 437 g/mol. The average molecular weight is 437 g/mol. The van der Waals surface area contributed by atoms with Gasteiger partial charge in [-0.2, -0.15) is 0 Å². The number of halogens is 2. The number of aryl methyl sites for hydroxylation is 2. The fraction of sp³-hybridized carbons (Fsp3) is 0.280. The summed E-state index contributed by atoms with van der Waals surface area (Å²) in [6.45, 7) is 2.89. The van der Waals surface area contributed by atoms with Crippen LogP contribution in [0.5, 0.6) is 0 Å². The Morgan fingerprint density at radius 2 is 1.62 bits per heavy atom. The summed E-state index contributed by atoms with van der Waals surface area (Å²) in [6, 6.07) is 12.2. The highest BCUT2D eigenvalue weighted by atomic mass is 19.1. The summed E-state index contributed by atoms with van der Waals surface area (Å²) in [5, 5.41) is 3.13. The van der Waals surface area contributed by atoms with Crippen molar-refractivity contribution in [3.63, 3.8) is 0 Å². The highest BCUT2D eigenvalue weighted by Crippen LogP contribution is 2.30. The van der Waals surface area contributed by atoms with Crippen LogP contribution in [-0.2, 0) is 7.05 Å². The van der Waals surface area contributed by atoms with Crippen molar-refractivity contribution >= 4 is 17.3 Å². The van der Waals surface area contributed by atoms with Gasteiger partial charge in [-0.05, 0) is 67.1 Å². The second-order valence-electron chi connectivity index (χ2n) is 8.25. The summed E-state index contributed by atoms with van der Waals surface area (Å²) < 4.78 is 28.1. The zero-order valence-corrected chi connectivity index (χ0v) is 18.1. The Bertz CT molecular complexity index is 1200. The van der Waals surface area contributed by atoms with E-state index in [1.807, 2.05) is 0 Å². The van der Waals surface area contributed by atoms with Gasteiger partial charge in [0, 0.05) is 38.1 Å². The molecular weight excluding hydrogens is 412 g/mol. The van der Waals surface area contributed by atoms with Gasteiger partial charge in [-0.1, -0.05) is 12.1 Å². The summed E-state index contributed by atoms with van der Waals surface area (Å²) in [4.78, 5) is 27.4. The predicted molar refractivity (Wildman–Crippen MR) is 120 cm³/mol. The van der Waals surface area contributed by atoms with Crippen molar-refractivity contribution in [2.75, 3.05) is 18.4 Å². The molecule has 3 aromatic rings. The molecule has 0 radical (unpaired) electrons. The second kappa shape index (κ2) is 8.94. The lowest BCUT2D eigenvalue weighted by Gasteiger charge is -2.32. The van der Waals surface area contributed by atoms with E-state index in [2.05, 4.69) is 5.32 Å². The van der Waals surface area contributed by atoms with Crippen molar-refractivity contribution in [3.05, 3.63) is 93.4 Å². The number of likely N-dealkylation sites (tertiary alicyclic amines) is 1. The molecule has 1 aliphatic heterocycles.